The highest BCUT2D eigenvalue weighted by Crippen LogP contribution is 2.16. The zero-order valence-electron chi connectivity index (χ0n) is 15.8. The second-order valence-electron chi connectivity index (χ2n) is 7.06. The molecule has 0 aliphatic carbocycles. The highest BCUT2D eigenvalue weighted by Gasteiger charge is 2.27. The molecule has 0 spiro atoms. The van der Waals surface area contributed by atoms with Crippen molar-refractivity contribution < 1.29 is 17.9 Å². The minimum atomic E-state index is -3.36. The van der Waals surface area contributed by atoms with Gasteiger partial charge in [-0.15, -0.1) is 0 Å². The molecule has 0 saturated carbocycles. The average Bonchev–Trinajstić information content (AvgIpc) is 3.18. The van der Waals surface area contributed by atoms with E-state index in [2.05, 4.69) is 9.88 Å². The first-order valence-corrected chi connectivity index (χ1v) is 11.3. The zero-order chi connectivity index (χ0) is 19.3. The van der Waals surface area contributed by atoms with Gasteiger partial charge < -0.3 is 14.5 Å². The quantitative estimate of drug-likeness (QED) is 0.670. The molecule has 1 atom stereocenters. The summed E-state index contributed by atoms with van der Waals surface area (Å²) in [5, 5.41) is 0. The standard InChI is InChI=1S/C18H28N4O4S/c1-27(24,25)22(15-16-5-4-14-26-16)9-7-18(23)21-12-10-20(11-13-21)17-6-2-3-8-19-17/h2-3,6,8,16H,4-5,7,9-15H2,1H3. The lowest BCUT2D eigenvalue weighted by Gasteiger charge is -2.35. The highest BCUT2D eigenvalue weighted by molar-refractivity contribution is 7.88. The molecular formula is C18H28N4O4S. The summed E-state index contributed by atoms with van der Waals surface area (Å²) in [7, 11) is -3.36. The van der Waals surface area contributed by atoms with E-state index in [0.29, 0.717) is 26.2 Å². The number of carbonyl (C=O) groups is 1. The number of amides is 1. The molecule has 1 aromatic heterocycles. The predicted octanol–water partition coefficient (Wildman–Crippen LogP) is 0.561. The van der Waals surface area contributed by atoms with Gasteiger partial charge in [0.1, 0.15) is 5.82 Å². The van der Waals surface area contributed by atoms with E-state index in [9.17, 15) is 13.2 Å². The summed E-state index contributed by atoms with van der Waals surface area (Å²) < 4.78 is 31.0. The molecular weight excluding hydrogens is 368 g/mol. The first kappa shape index (κ1) is 20.0. The van der Waals surface area contributed by atoms with Gasteiger partial charge in [0.05, 0.1) is 12.4 Å². The Labute approximate surface area is 161 Å². The van der Waals surface area contributed by atoms with Crippen molar-refractivity contribution >= 4 is 21.7 Å². The molecule has 150 valence electrons. The number of ether oxygens (including phenoxy) is 1. The summed E-state index contributed by atoms with van der Waals surface area (Å²) in [6.07, 6.45) is 4.93. The van der Waals surface area contributed by atoms with Crippen molar-refractivity contribution in [3.63, 3.8) is 0 Å². The van der Waals surface area contributed by atoms with E-state index in [-0.39, 0.29) is 25.0 Å². The molecule has 0 radical (unpaired) electrons. The van der Waals surface area contributed by atoms with Crippen LogP contribution < -0.4 is 4.90 Å². The first-order valence-electron chi connectivity index (χ1n) is 9.44. The van der Waals surface area contributed by atoms with Crippen LogP contribution in [0.25, 0.3) is 0 Å². The van der Waals surface area contributed by atoms with Crippen LogP contribution in [0.15, 0.2) is 24.4 Å². The van der Waals surface area contributed by atoms with Crippen LogP contribution in [0.1, 0.15) is 19.3 Å². The summed E-state index contributed by atoms with van der Waals surface area (Å²) in [4.78, 5) is 20.9. The van der Waals surface area contributed by atoms with Gasteiger partial charge in [-0.25, -0.2) is 13.4 Å². The Morgan fingerprint density at radius 1 is 1.30 bits per heavy atom. The lowest BCUT2D eigenvalue weighted by molar-refractivity contribution is -0.131. The van der Waals surface area contributed by atoms with Crippen molar-refractivity contribution in [3.8, 4) is 0 Å². The van der Waals surface area contributed by atoms with Crippen LogP contribution in [0.2, 0.25) is 0 Å². The molecule has 3 heterocycles. The van der Waals surface area contributed by atoms with Gasteiger partial charge in [0.2, 0.25) is 15.9 Å². The van der Waals surface area contributed by atoms with Crippen LogP contribution in [-0.4, -0.2) is 86.7 Å². The predicted molar refractivity (Wildman–Crippen MR) is 103 cm³/mol. The Balaban J connectivity index is 1.48. The van der Waals surface area contributed by atoms with Gasteiger partial charge in [0, 0.05) is 58.5 Å². The normalized spacial score (nSPS) is 21.0. The molecule has 1 aromatic rings. The number of piperazine rings is 1. The van der Waals surface area contributed by atoms with Gasteiger partial charge in [0.15, 0.2) is 0 Å². The molecule has 2 aliphatic rings. The lowest BCUT2D eigenvalue weighted by atomic mass is 10.2. The second kappa shape index (κ2) is 8.99. The molecule has 9 heteroatoms. The number of pyridine rings is 1. The molecule has 2 fully saturated rings. The van der Waals surface area contributed by atoms with Crippen molar-refractivity contribution in [1.82, 2.24) is 14.2 Å². The maximum absolute atomic E-state index is 12.5. The number of anilines is 1. The zero-order valence-corrected chi connectivity index (χ0v) is 16.6. The largest absolute Gasteiger partial charge is 0.377 e. The summed E-state index contributed by atoms with van der Waals surface area (Å²) in [6, 6.07) is 5.80. The van der Waals surface area contributed by atoms with Crippen molar-refractivity contribution in [1.29, 1.82) is 0 Å². The first-order chi connectivity index (χ1) is 12.9. The van der Waals surface area contributed by atoms with Crippen LogP contribution in [0, 0.1) is 0 Å². The summed E-state index contributed by atoms with van der Waals surface area (Å²) >= 11 is 0. The molecule has 2 aliphatic heterocycles. The van der Waals surface area contributed by atoms with Crippen molar-refractivity contribution in [2.75, 3.05) is 57.0 Å². The van der Waals surface area contributed by atoms with Crippen LogP contribution >= 0.6 is 0 Å². The van der Waals surface area contributed by atoms with E-state index in [1.807, 2.05) is 23.1 Å². The number of hydrogen-bond acceptors (Lipinski definition) is 6. The van der Waals surface area contributed by atoms with Crippen molar-refractivity contribution in [2.45, 2.75) is 25.4 Å². The van der Waals surface area contributed by atoms with E-state index in [1.165, 1.54) is 10.6 Å². The number of carbonyl (C=O) groups excluding carboxylic acids is 1. The molecule has 3 rings (SSSR count). The van der Waals surface area contributed by atoms with Gasteiger partial charge in [-0.2, -0.15) is 4.31 Å². The minimum absolute atomic E-state index is 0.00309. The molecule has 8 nitrogen and oxygen atoms in total. The number of hydrogen-bond donors (Lipinski definition) is 0. The van der Waals surface area contributed by atoms with Crippen LogP contribution in [-0.2, 0) is 19.6 Å². The molecule has 0 aromatic carbocycles. The van der Waals surface area contributed by atoms with Gasteiger partial charge >= 0.3 is 0 Å². The third-order valence-electron chi connectivity index (χ3n) is 5.08. The number of aromatic nitrogens is 1. The molecule has 2 saturated heterocycles. The molecule has 1 unspecified atom stereocenters. The summed E-state index contributed by atoms with van der Waals surface area (Å²) in [5.74, 6) is 0.918. The Hall–Kier alpha value is -1.71. The van der Waals surface area contributed by atoms with Crippen molar-refractivity contribution in [3.05, 3.63) is 24.4 Å². The Kier molecular flexibility index (Phi) is 6.67. The van der Waals surface area contributed by atoms with Crippen LogP contribution in [0.4, 0.5) is 5.82 Å². The van der Waals surface area contributed by atoms with Crippen LogP contribution in [0.3, 0.4) is 0 Å². The monoisotopic (exact) mass is 396 g/mol. The average molecular weight is 397 g/mol. The number of rotatable bonds is 7. The third-order valence-corrected chi connectivity index (χ3v) is 6.35. The number of nitrogens with zero attached hydrogens (tertiary/aromatic N) is 4. The second-order valence-corrected chi connectivity index (χ2v) is 9.04. The fraction of sp³-hybridized carbons (Fsp3) is 0.667. The molecule has 0 bridgehead atoms. The molecule has 27 heavy (non-hydrogen) atoms. The fourth-order valence-corrected chi connectivity index (χ4v) is 4.37. The van der Waals surface area contributed by atoms with Gasteiger partial charge in [-0.3, -0.25) is 4.79 Å². The van der Waals surface area contributed by atoms with Crippen molar-refractivity contribution in [2.24, 2.45) is 0 Å². The molecule has 1 amide bonds. The van der Waals surface area contributed by atoms with Gasteiger partial charge in [0.25, 0.3) is 0 Å². The van der Waals surface area contributed by atoms with E-state index >= 15 is 0 Å². The topological polar surface area (TPSA) is 83.1 Å². The van der Waals surface area contributed by atoms with E-state index in [4.69, 9.17) is 4.74 Å². The van der Waals surface area contributed by atoms with Crippen LogP contribution in [0.5, 0.6) is 0 Å². The Bertz CT molecular complexity index is 714. The van der Waals surface area contributed by atoms with E-state index in [0.717, 1.165) is 31.7 Å². The smallest absolute Gasteiger partial charge is 0.224 e. The van der Waals surface area contributed by atoms with Gasteiger partial charge in [-0.1, -0.05) is 6.07 Å². The summed E-state index contributed by atoms with van der Waals surface area (Å²) in [6.45, 7) is 3.93. The van der Waals surface area contributed by atoms with E-state index in [1.54, 1.807) is 6.20 Å². The number of sulfonamides is 1. The fourth-order valence-electron chi connectivity index (χ4n) is 3.51. The van der Waals surface area contributed by atoms with Gasteiger partial charge in [-0.05, 0) is 25.0 Å². The molecule has 0 N–H and O–H groups in total. The maximum Gasteiger partial charge on any atom is 0.224 e. The van der Waals surface area contributed by atoms with E-state index < -0.39 is 10.0 Å². The minimum Gasteiger partial charge on any atom is -0.377 e. The highest BCUT2D eigenvalue weighted by atomic mass is 32.2. The third kappa shape index (κ3) is 5.63. The Morgan fingerprint density at radius 2 is 2.07 bits per heavy atom. The summed E-state index contributed by atoms with van der Waals surface area (Å²) in [5.41, 5.74) is 0. The lowest BCUT2D eigenvalue weighted by Crippen LogP contribution is -2.49. The SMILES string of the molecule is CS(=O)(=O)N(CCC(=O)N1CCN(c2ccccn2)CC1)CC1CCCO1. The maximum atomic E-state index is 12.5. The Morgan fingerprint density at radius 3 is 2.67 bits per heavy atom.